The molecule has 0 bridgehead atoms. The summed E-state index contributed by atoms with van der Waals surface area (Å²) >= 11 is 1.13. The second-order valence-corrected chi connectivity index (χ2v) is 6.78. The Morgan fingerprint density at radius 3 is 2.57 bits per heavy atom. The molecule has 0 saturated heterocycles. The maximum Gasteiger partial charge on any atom is 0.453 e. The van der Waals surface area contributed by atoms with Crippen molar-refractivity contribution in [3.05, 3.63) is 33.8 Å². The van der Waals surface area contributed by atoms with E-state index in [9.17, 15) is 22.8 Å². The molecule has 3 N–H and O–H groups in total. The minimum Gasteiger partial charge on any atom is -0.369 e. The number of nitrogens with zero attached hydrogens (tertiary/aromatic N) is 5. The number of thiazole rings is 1. The predicted octanol–water partition coefficient (Wildman–Crippen LogP) is 1.43. The standard InChI is InChI=1S/C15H14F3N7O2S/c1-6-9(4-11(27)22-14-21-8(5-28-14)3-10(19)26)7(2)25-13(20-6)23-12(24-25)15(16,17)18/h5H,3-4H2,1-2H3,(H2,19,26)(H,21,22,27). The fourth-order valence-corrected chi connectivity index (χ4v) is 3.26. The van der Waals surface area contributed by atoms with E-state index in [1.807, 2.05) is 0 Å². The molecule has 0 atom stereocenters. The van der Waals surface area contributed by atoms with Gasteiger partial charge in [-0.25, -0.2) is 14.5 Å². The van der Waals surface area contributed by atoms with E-state index in [0.29, 0.717) is 22.6 Å². The van der Waals surface area contributed by atoms with Crippen LogP contribution in [0.5, 0.6) is 0 Å². The Morgan fingerprint density at radius 2 is 1.93 bits per heavy atom. The van der Waals surface area contributed by atoms with Crippen molar-refractivity contribution in [2.24, 2.45) is 5.73 Å². The topological polar surface area (TPSA) is 128 Å². The van der Waals surface area contributed by atoms with E-state index in [4.69, 9.17) is 5.73 Å². The highest BCUT2D eigenvalue weighted by Crippen LogP contribution is 2.27. The zero-order valence-corrected chi connectivity index (χ0v) is 15.5. The molecule has 0 radical (unpaired) electrons. The van der Waals surface area contributed by atoms with Crippen LogP contribution in [0.4, 0.5) is 18.3 Å². The number of alkyl halides is 3. The first-order valence-electron chi connectivity index (χ1n) is 7.87. The lowest BCUT2D eigenvalue weighted by molar-refractivity contribution is -0.144. The first-order chi connectivity index (χ1) is 13.0. The number of fused-ring (bicyclic) bond motifs is 1. The number of rotatable bonds is 5. The molecular weight excluding hydrogens is 399 g/mol. The van der Waals surface area contributed by atoms with E-state index in [2.05, 4.69) is 25.4 Å². The van der Waals surface area contributed by atoms with Crippen molar-refractivity contribution in [1.29, 1.82) is 0 Å². The van der Waals surface area contributed by atoms with Gasteiger partial charge in [-0.3, -0.25) is 9.59 Å². The number of primary amides is 1. The monoisotopic (exact) mass is 413 g/mol. The van der Waals surface area contributed by atoms with Crippen LogP contribution in [0.15, 0.2) is 5.38 Å². The van der Waals surface area contributed by atoms with Crippen molar-refractivity contribution in [1.82, 2.24) is 24.6 Å². The van der Waals surface area contributed by atoms with Crippen LogP contribution < -0.4 is 11.1 Å². The zero-order chi connectivity index (χ0) is 20.6. The van der Waals surface area contributed by atoms with E-state index in [1.54, 1.807) is 12.3 Å². The van der Waals surface area contributed by atoms with Gasteiger partial charge >= 0.3 is 6.18 Å². The van der Waals surface area contributed by atoms with Gasteiger partial charge in [0.2, 0.25) is 11.8 Å². The normalized spacial score (nSPS) is 11.8. The lowest BCUT2D eigenvalue weighted by atomic mass is 10.1. The Morgan fingerprint density at radius 1 is 1.21 bits per heavy atom. The molecule has 28 heavy (non-hydrogen) atoms. The van der Waals surface area contributed by atoms with Crippen LogP contribution in [0.25, 0.3) is 5.78 Å². The minimum absolute atomic E-state index is 0.0426. The number of hydrogen-bond donors (Lipinski definition) is 2. The second kappa shape index (κ2) is 7.14. The quantitative estimate of drug-likeness (QED) is 0.651. The highest BCUT2D eigenvalue weighted by molar-refractivity contribution is 7.13. The molecule has 3 aromatic heterocycles. The summed E-state index contributed by atoms with van der Waals surface area (Å²) in [5.74, 6) is -2.47. The molecule has 148 valence electrons. The lowest BCUT2D eigenvalue weighted by Crippen LogP contribution is -2.18. The fourth-order valence-electron chi connectivity index (χ4n) is 2.53. The molecule has 0 fully saturated rings. The first kappa shape index (κ1) is 19.7. The predicted molar refractivity (Wildman–Crippen MR) is 92.6 cm³/mol. The number of nitrogens with one attached hydrogen (secondary N) is 1. The SMILES string of the molecule is Cc1nc2nc(C(F)(F)F)nn2c(C)c1CC(=O)Nc1nc(CC(N)=O)cs1. The van der Waals surface area contributed by atoms with Crippen molar-refractivity contribution < 1.29 is 22.8 Å². The molecule has 0 aliphatic carbocycles. The van der Waals surface area contributed by atoms with E-state index < -0.39 is 23.8 Å². The highest BCUT2D eigenvalue weighted by atomic mass is 32.1. The number of hydrogen-bond acceptors (Lipinski definition) is 7. The zero-order valence-electron chi connectivity index (χ0n) is 14.7. The summed E-state index contributed by atoms with van der Waals surface area (Å²) in [7, 11) is 0. The minimum atomic E-state index is -4.70. The number of aromatic nitrogens is 5. The van der Waals surface area contributed by atoms with Crippen LogP contribution in [-0.2, 0) is 28.6 Å². The molecule has 0 spiro atoms. The molecule has 13 heteroatoms. The lowest BCUT2D eigenvalue weighted by Gasteiger charge is -2.09. The third-order valence-electron chi connectivity index (χ3n) is 3.79. The third-order valence-corrected chi connectivity index (χ3v) is 4.60. The Labute approximate surface area is 159 Å². The maximum absolute atomic E-state index is 12.8. The molecule has 0 aliphatic rings. The van der Waals surface area contributed by atoms with Gasteiger partial charge in [-0.05, 0) is 13.8 Å². The van der Waals surface area contributed by atoms with Gasteiger partial charge in [-0.1, -0.05) is 0 Å². The van der Waals surface area contributed by atoms with Crippen LogP contribution in [0.3, 0.4) is 0 Å². The summed E-state index contributed by atoms with van der Waals surface area (Å²) in [5, 5.41) is 7.90. The number of carbonyl (C=O) groups is 2. The number of nitrogens with two attached hydrogens (primary N) is 1. The number of aryl methyl sites for hydroxylation is 2. The summed E-state index contributed by atoms with van der Waals surface area (Å²) < 4.78 is 39.4. The number of halogens is 3. The summed E-state index contributed by atoms with van der Waals surface area (Å²) in [6, 6.07) is 0. The van der Waals surface area contributed by atoms with Gasteiger partial charge in [0, 0.05) is 22.3 Å². The van der Waals surface area contributed by atoms with Crippen LogP contribution in [0.2, 0.25) is 0 Å². The molecular formula is C15H14F3N7O2S. The summed E-state index contributed by atoms with van der Waals surface area (Å²) in [6.07, 6.45) is -4.88. The van der Waals surface area contributed by atoms with Gasteiger partial charge in [0.05, 0.1) is 18.5 Å². The number of anilines is 1. The second-order valence-electron chi connectivity index (χ2n) is 5.92. The van der Waals surface area contributed by atoms with E-state index in [-0.39, 0.29) is 23.8 Å². The Kier molecular flexibility index (Phi) is 5.02. The molecule has 9 nitrogen and oxygen atoms in total. The average Bonchev–Trinajstić information content (AvgIpc) is 3.17. The molecule has 0 aromatic carbocycles. The van der Waals surface area contributed by atoms with Gasteiger partial charge in [0.25, 0.3) is 11.6 Å². The smallest absolute Gasteiger partial charge is 0.369 e. The van der Waals surface area contributed by atoms with Crippen molar-refractivity contribution in [3.63, 3.8) is 0 Å². The maximum atomic E-state index is 12.8. The molecule has 0 unspecified atom stereocenters. The molecule has 0 saturated carbocycles. The van der Waals surface area contributed by atoms with Gasteiger partial charge in [0.1, 0.15) is 0 Å². The molecule has 3 rings (SSSR count). The van der Waals surface area contributed by atoms with Crippen molar-refractivity contribution >= 4 is 34.1 Å². The van der Waals surface area contributed by atoms with Crippen LogP contribution in [0.1, 0.15) is 28.5 Å². The molecule has 3 heterocycles. The van der Waals surface area contributed by atoms with E-state index >= 15 is 0 Å². The Balaban J connectivity index is 1.82. The van der Waals surface area contributed by atoms with E-state index in [0.717, 1.165) is 15.9 Å². The van der Waals surface area contributed by atoms with Gasteiger partial charge in [0.15, 0.2) is 5.13 Å². The Hall–Kier alpha value is -3.09. The summed E-state index contributed by atoms with van der Waals surface area (Å²) in [5.41, 5.74) is 6.65. The van der Waals surface area contributed by atoms with Gasteiger partial charge < -0.3 is 11.1 Å². The van der Waals surface area contributed by atoms with Crippen molar-refractivity contribution in [2.75, 3.05) is 5.32 Å². The summed E-state index contributed by atoms with van der Waals surface area (Å²) in [6.45, 7) is 3.11. The van der Waals surface area contributed by atoms with Crippen LogP contribution in [0, 0.1) is 13.8 Å². The average molecular weight is 413 g/mol. The number of amides is 2. The highest BCUT2D eigenvalue weighted by Gasteiger charge is 2.37. The van der Waals surface area contributed by atoms with Gasteiger partial charge in [-0.15, -0.1) is 16.4 Å². The largest absolute Gasteiger partial charge is 0.453 e. The van der Waals surface area contributed by atoms with Gasteiger partial charge in [-0.2, -0.15) is 18.2 Å². The molecule has 2 amide bonds. The third kappa shape index (κ3) is 4.08. The fraction of sp³-hybridized carbons (Fsp3) is 0.333. The van der Waals surface area contributed by atoms with Crippen molar-refractivity contribution in [2.45, 2.75) is 32.9 Å². The molecule has 0 aliphatic heterocycles. The number of carbonyl (C=O) groups excluding carboxylic acids is 2. The molecule has 3 aromatic rings. The van der Waals surface area contributed by atoms with Crippen LogP contribution in [-0.4, -0.2) is 36.4 Å². The summed E-state index contributed by atoms with van der Waals surface area (Å²) in [4.78, 5) is 34.7. The van der Waals surface area contributed by atoms with Crippen LogP contribution >= 0.6 is 11.3 Å². The van der Waals surface area contributed by atoms with E-state index in [1.165, 1.54) is 6.92 Å². The Bertz CT molecular complexity index is 1070. The first-order valence-corrected chi connectivity index (χ1v) is 8.75. The van der Waals surface area contributed by atoms with Crippen molar-refractivity contribution in [3.8, 4) is 0 Å².